The van der Waals surface area contributed by atoms with E-state index >= 15 is 0 Å². The van der Waals surface area contributed by atoms with Crippen molar-refractivity contribution in [1.29, 1.82) is 0 Å². The first-order valence-electron chi connectivity index (χ1n) is 10.3. The van der Waals surface area contributed by atoms with Gasteiger partial charge in [-0.05, 0) is 47.5 Å². The van der Waals surface area contributed by atoms with Crippen molar-refractivity contribution < 1.29 is 18.7 Å². The molecule has 3 aromatic rings. The third-order valence-electron chi connectivity index (χ3n) is 5.33. The highest BCUT2D eigenvalue weighted by Gasteiger charge is 2.27. The largest absolute Gasteiger partial charge is 0.393 e. The number of carbonyl (C=O) groups is 1. The normalized spacial score (nSPS) is 15.0. The van der Waals surface area contributed by atoms with Crippen LogP contribution in [0.15, 0.2) is 72.0 Å². The van der Waals surface area contributed by atoms with Gasteiger partial charge in [0.2, 0.25) is 0 Å². The van der Waals surface area contributed by atoms with E-state index in [4.69, 9.17) is 11.6 Å². The number of aliphatic hydroxyl groups is 1. The van der Waals surface area contributed by atoms with E-state index in [1.807, 2.05) is 12.1 Å². The van der Waals surface area contributed by atoms with Crippen LogP contribution in [0.25, 0.3) is 5.57 Å². The summed E-state index contributed by atoms with van der Waals surface area (Å²) >= 11 is 5.95. The second-order valence-electron chi connectivity index (χ2n) is 7.55. The van der Waals surface area contributed by atoms with E-state index < -0.39 is 30.5 Å². The van der Waals surface area contributed by atoms with E-state index in [1.165, 1.54) is 29.1 Å². The number of alkyl halides is 1. The minimum absolute atomic E-state index is 0.00663. The van der Waals surface area contributed by atoms with Crippen LogP contribution in [0.5, 0.6) is 0 Å². The molecule has 6 nitrogen and oxygen atoms in total. The molecule has 0 saturated carbocycles. The summed E-state index contributed by atoms with van der Waals surface area (Å²) in [5, 5.41) is 16.5. The Morgan fingerprint density at radius 1 is 1.21 bits per heavy atom. The summed E-state index contributed by atoms with van der Waals surface area (Å²) in [5.41, 5.74) is 2.14. The maximum Gasteiger partial charge on any atom is 0.252 e. The van der Waals surface area contributed by atoms with Crippen molar-refractivity contribution in [3.05, 3.63) is 94.5 Å². The molecule has 2 N–H and O–H groups in total. The molecular weight excluding hydrogens is 450 g/mol. The van der Waals surface area contributed by atoms with E-state index in [2.05, 4.69) is 15.4 Å². The lowest BCUT2D eigenvalue weighted by molar-refractivity contribution is 0.0849. The Kier molecular flexibility index (Phi) is 6.96. The second kappa shape index (κ2) is 10.1. The molecule has 0 bridgehead atoms. The van der Waals surface area contributed by atoms with Crippen molar-refractivity contribution >= 4 is 28.8 Å². The molecule has 170 valence electrons. The Bertz CT molecular complexity index is 1190. The summed E-state index contributed by atoms with van der Waals surface area (Å²) in [7, 11) is 0. The second-order valence-corrected chi connectivity index (χ2v) is 7.98. The van der Waals surface area contributed by atoms with E-state index in [0.29, 0.717) is 17.3 Å². The van der Waals surface area contributed by atoms with Crippen LogP contribution in [0.4, 0.5) is 8.78 Å². The van der Waals surface area contributed by atoms with Gasteiger partial charge in [-0.1, -0.05) is 29.8 Å². The van der Waals surface area contributed by atoms with Crippen LogP contribution < -0.4 is 5.32 Å². The summed E-state index contributed by atoms with van der Waals surface area (Å²) in [6.45, 7) is -0.444. The van der Waals surface area contributed by atoms with Gasteiger partial charge in [-0.25, -0.2) is 8.78 Å². The van der Waals surface area contributed by atoms with Crippen LogP contribution in [0.3, 0.4) is 0 Å². The average molecular weight is 471 g/mol. The lowest BCUT2D eigenvalue weighted by Crippen LogP contribution is -2.46. The van der Waals surface area contributed by atoms with Crippen LogP contribution in [0.1, 0.15) is 21.5 Å². The minimum atomic E-state index is -1.73. The first-order chi connectivity index (χ1) is 16.0. The average Bonchev–Trinajstić information content (AvgIpc) is 3.51. The van der Waals surface area contributed by atoms with Gasteiger partial charge in [-0.2, -0.15) is 5.10 Å². The number of hydrogen-bond acceptors (Lipinski definition) is 4. The number of aromatic nitrogens is 2. The zero-order chi connectivity index (χ0) is 23.4. The van der Waals surface area contributed by atoms with Gasteiger partial charge in [-0.15, -0.1) is 0 Å². The summed E-state index contributed by atoms with van der Waals surface area (Å²) < 4.78 is 30.7. The van der Waals surface area contributed by atoms with Gasteiger partial charge < -0.3 is 10.4 Å². The smallest absolute Gasteiger partial charge is 0.252 e. The number of allylic oxidation sites excluding steroid dienone is 1. The molecule has 1 aliphatic rings. The molecule has 4 rings (SSSR count). The highest BCUT2D eigenvalue weighted by atomic mass is 35.5. The Morgan fingerprint density at radius 2 is 2.00 bits per heavy atom. The zero-order valence-electron chi connectivity index (χ0n) is 17.5. The Labute approximate surface area is 194 Å². The highest BCUT2D eigenvalue weighted by molar-refractivity contribution is 6.30. The van der Waals surface area contributed by atoms with Crippen LogP contribution in [-0.2, 0) is 6.54 Å². The first kappa shape index (κ1) is 22.8. The van der Waals surface area contributed by atoms with Crippen molar-refractivity contribution in [3.8, 4) is 0 Å². The monoisotopic (exact) mass is 470 g/mol. The van der Waals surface area contributed by atoms with E-state index in [9.17, 15) is 18.7 Å². The standard InChI is InChI=1S/C24H21ClF2N4O2/c25-17-7-5-15(6-8-17)16-11-21(28-12-16)23-18(3-1-4-19(23)26)24(33)30-22(20(27)14-32)13-31-10-2-9-29-31/h1-11,20,22,32H,12-14H2,(H,30,33)/t20-,22-/m1/s1. The quantitative estimate of drug-likeness (QED) is 0.527. The Balaban J connectivity index is 1.61. The highest BCUT2D eigenvalue weighted by Crippen LogP contribution is 2.26. The number of nitrogens with zero attached hydrogens (tertiary/aromatic N) is 3. The van der Waals surface area contributed by atoms with Crippen LogP contribution in [-0.4, -0.2) is 51.9 Å². The lowest BCUT2D eigenvalue weighted by atomic mass is 9.99. The fourth-order valence-corrected chi connectivity index (χ4v) is 3.75. The van der Waals surface area contributed by atoms with Gasteiger partial charge >= 0.3 is 0 Å². The minimum Gasteiger partial charge on any atom is -0.393 e. The van der Waals surface area contributed by atoms with Gasteiger partial charge in [0.05, 0.1) is 37.0 Å². The van der Waals surface area contributed by atoms with Crippen molar-refractivity contribution in [2.24, 2.45) is 4.99 Å². The summed E-state index contributed by atoms with van der Waals surface area (Å²) in [6.07, 6.45) is 3.15. The Hall–Kier alpha value is -3.36. The molecule has 0 spiro atoms. The Morgan fingerprint density at radius 3 is 2.70 bits per heavy atom. The molecule has 0 fully saturated rings. The van der Waals surface area contributed by atoms with Gasteiger partial charge in [-0.3, -0.25) is 14.5 Å². The van der Waals surface area contributed by atoms with Gasteiger partial charge in [0.25, 0.3) is 5.91 Å². The molecular formula is C24H21ClF2N4O2. The van der Waals surface area contributed by atoms with Gasteiger partial charge in [0.15, 0.2) is 0 Å². The molecule has 2 atom stereocenters. The number of benzene rings is 2. The van der Waals surface area contributed by atoms with Crippen molar-refractivity contribution in [2.75, 3.05) is 13.2 Å². The summed E-state index contributed by atoms with van der Waals surface area (Å²) in [6, 6.07) is 11.9. The topological polar surface area (TPSA) is 79.5 Å². The van der Waals surface area contributed by atoms with Gasteiger partial charge in [0, 0.05) is 23.0 Å². The number of rotatable bonds is 8. The zero-order valence-corrected chi connectivity index (χ0v) is 18.2. The van der Waals surface area contributed by atoms with Crippen molar-refractivity contribution in [1.82, 2.24) is 15.1 Å². The molecule has 1 aliphatic heterocycles. The van der Waals surface area contributed by atoms with Crippen molar-refractivity contribution in [3.63, 3.8) is 0 Å². The predicted molar refractivity (Wildman–Crippen MR) is 123 cm³/mol. The maximum absolute atomic E-state index is 14.9. The maximum atomic E-state index is 14.9. The molecule has 9 heteroatoms. The molecule has 2 heterocycles. The third-order valence-corrected chi connectivity index (χ3v) is 5.58. The van der Waals surface area contributed by atoms with Crippen molar-refractivity contribution in [2.45, 2.75) is 18.8 Å². The molecule has 0 aliphatic carbocycles. The third kappa shape index (κ3) is 5.18. The van der Waals surface area contributed by atoms with Crippen LogP contribution >= 0.6 is 11.6 Å². The predicted octanol–water partition coefficient (Wildman–Crippen LogP) is 3.69. The molecule has 0 unspecified atom stereocenters. The number of halogens is 3. The van der Waals surface area contributed by atoms with E-state index in [1.54, 1.807) is 30.5 Å². The van der Waals surface area contributed by atoms with E-state index in [-0.39, 0.29) is 17.7 Å². The molecule has 33 heavy (non-hydrogen) atoms. The number of carbonyl (C=O) groups excluding carboxylic acids is 1. The lowest BCUT2D eigenvalue weighted by Gasteiger charge is -2.22. The summed E-state index contributed by atoms with van der Waals surface area (Å²) in [4.78, 5) is 17.5. The number of aliphatic imine (C=N–C) groups is 1. The number of nitrogens with one attached hydrogen (secondary N) is 1. The fraction of sp³-hybridized carbons (Fsp3) is 0.208. The molecule has 0 radical (unpaired) electrons. The number of amides is 1. The number of hydrogen-bond donors (Lipinski definition) is 2. The summed E-state index contributed by atoms with van der Waals surface area (Å²) in [5.74, 6) is -1.29. The molecule has 0 saturated heterocycles. The first-order valence-corrected chi connectivity index (χ1v) is 10.7. The molecule has 2 aromatic carbocycles. The molecule has 1 amide bonds. The number of aliphatic hydroxyl groups excluding tert-OH is 1. The van der Waals surface area contributed by atoms with Crippen LogP contribution in [0.2, 0.25) is 5.02 Å². The van der Waals surface area contributed by atoms with Gasteiger partial charge in [0.1, 0.15) is 12.0 Å². The van der Waals surface area contributed by atoms with E-state index in [0.717, 1.165) is 11.1 Å². The van der Waals surface area contributed by atoms with Crippen LogP contribution in [0, 0.1) is 5.82 Å². The fourth-order valence-electron chi connectivity index (χ4n) is 3.62. The SMILES string of the molecule is O=C(N[C@H](Cn1cccn1)[C@H](F)CO)c1cccc(F)c1C1=NCC(c2ccc(Cl)cc2)=C1. The molecule has 1 aromatic heterocycles.